The molecule has 144 valence electrons. The van der Waals surface area contributed by atoms with E-state index >= 15 is 0 Å². The number of aromatic nitrogens is 2. The molecule has 1 aliphatic heterocycles. The molecule has 0 unspecified atom stereocenters. The van der Waals surface area contributed by atoms with Crippen LogP contribution in [0.1, 0.15) is 41.1 Å². The number of aromatic amines is 1. The molecule has 1 aromatic heterocycles. The molecule has 0 bridgehead atoms. The lowest BCUT2D eigenvalue weighted by molar-refractivity contribution is 0.236. The van der Waals surface area contributed by atoms with Gasteiger partial charge in [0.15, 0.2) is 0 Å². The maximum absolute atomic E-state index is 12.4. The van der Waals surface area contributed by atoms with Crippen molar-refractivity contribution < 1.29 is 9.47 Å². The molecule has 0 amide bonds. The van der Waals surface area contributed by atoms with Crippen molar-refractivity contribution in [2.45, 2.75) is 45.7 Å². The van der Waals surface area contributed by atoms with Gasteiger partial charge in [0.2, 0.25) is 0 Å². The second kappa shape index (κ2) is 7.35. The Morgan fingerprint density at radius 1 is 1.26 bits per heavy atom. The van der Waals surface area contributed by atoms with Gasteiger partial charge in [0.05, 0.1) is 19.9 Å². The van der Waals surface area contributed by atoms with Crippen LogP contribution in [0.3, 0.4) is 0 Å². The fourth-order valence-corrected chi connectivity index (χ4v) is 3.97. The van der Waals surface area contributed by atoms with Crippen LogP contribution < -0.4 is 15.0 Å². The number of rotatable bonds is 6. The number of ether oxygens (including phenoxy) is 2. The zero-order chi connectivity index (χ0) is 19.0. The fraction of sp³-hybridized carbons (Fsp3) is 0.524. The van der Waals surface area contributed by atoms with Crippen LogP contribution in [-0.4, -0.2) is 35.6 Å². The molecule has 6 nitrogen and oxygen atoms in total. The predicted octanol–water partition coefficient (Wildman–Crippen LogP) is 2.61. The summed E-state index contributed by atoms with van der Waals surface area (Å²) in [5, 5.41) is 0. The van der Waals surface area contributed by atoms with Crippen molar-refractivity contribution in [3.8, 4) is 11.5 Å². The highest BCUT2D eigenvalue weighted by Gasteiger charge is 2.26. The Hall–Kier alpha value is -2.34. The monoisotopic (exact) mass is 369 g/mol. The van der Waals surface area contributed by atoms with Gasteiger partial charge in [-0.2, -0.15) is 0 Å². The van der Waals surface area contributed by atoms with E-state index in [1.165, 1.54) is 12.8 Å². The van der Waals surface area contributed by atoms with Gasteiger partial charge in [0.25, 0.3) is 5.56 Å². The molecule has 0 saturated heterocycles. The first kappa shape index (κ1) is 18.0. The number of hydrogen-bond acceptors (Lipinski definition) is 5. The number of benzene rings is 1. The number of methoxy groups -OCH3 is 2. The Kier molecular flexibility index (Phi) is 4.91. The van der Waals surface area contributed by atoms with E-state index in [2.05, 4.69) is 16.0 Å². The summed E-state index contributed by atoms with van der Waals surface area (Å²) in [6.07, 6.45) is 4.14. The van der Waals surface area contributed by atoms with Crippen molar-refractivity contribution in [3.63, 3.8) is 0 Å². The Bertz CT molecular complexity index is 902. The summed E-state index contributed by atoms with van der Waals surface area (Å²) in [5.41, 5.74) is 3.97. The van der Waals surface area contributed by atoms with Crippen LogP contribution in [0.4, 0.5) is 0 Å². The van der Waals surface area contributed by atoms with E-state index in [9.17, 15) is 4.79 Å². The molecule has 0 spiro atoms. The topological polar surface area (TPSA) is 67.5 Å². The highest BCUT2D eigenvalue weighted by Crippen LogP contribution is 2.33. The van der Waals surface area contributed by atoms with Crippen LogP contribution in [0.25, 0.3) is 0 Å². The molecular weight excluding hydrogens is 342 g/mol. The van der Waals surface area contributed by atoms with E-state index in [0.717, 1.165) is 65.6 Å². The van der Waals surface area contributed by atoms with E-state index in [0.29, 0.717) is 12.5 Å². The van der Waals surface area contributed by atoms with Crippen LogP contribution in [0, 0.1) is 12.8 Å². The third-order valence-electron chi connectivity index (χ3n) is 5.64. The first-order valence-corrected chi connectivity index (χ1v) is 9.62. The maximum atomic E-state index is 12.4. The molecular formula is C21H27N3O3. The highest BCUT2D eigenvalue weighted by atomic mass is 16.5. The fourth-order valence-electron chi connectivity index (χ4n) is 3.97. The standard InChI is InChI=1S/C21H27N3O3/c1-13-18(26-2)7-6-15(20(13)27-3)11-24-9-8-16-17(12-24)22-19(23-21(16)25)10-14-4-5-14/h6-7,14H,4-5,8-12H2,1-3H3,(H,22,23,25). The number of nitrogens with zero attached hydrogens (tertiary/aromatic N) is 2. The minimum atomic E-state index is 0.0492. The molecule has 1 fully saturated rings. The number of hydrogen-bond donors (Lipinski definition) is 1. The Morgan fingerprint density at radius 3 is 2.78 bits per heavy atom. The third kappa shape index (κ3) is 3.72. The number of H-pyrrole nitrogens is 1. The summed E-state index contributed by atoms with van der Waals surface area (Å²) in [4.78, 5) is 22.5. The van der Waals surface area contributed by atoms with Crippen molar-refractivity contribution in [1.29, 1.82) is 0 Å². The van der Waals surface area contributed by atoms with Gasteiger partial charge < -0.3 is 14.5 Å². The third-order valence-corrected chi connectivity index (χ3v) is 5.64. The van der Waals surface area contributed by atoms with Gasteiger partial charge in [-0.05, 0) is 38.2 Å². The predicted molar refractivity (Wildman–Crippen MR) is 103 cm³/mol. The lowest BCUT2D eigenvalue weighted by Crippen LogP contribution is -2.35. The van der Waals surface area contributed by atoms with Crippen LogP contribution in [-0.2, 0) is 25.9 Å². The molecule has 1 aliphatic carbocycles. The molecule has 1 saturated carbocycles. The van der Waals surface area contributed by atoms with Gasteiger partial charge in [-0.15, -0.1) is 0 Å². The van der Waals surface area contributed by atoms with E-state index < -0.39 is 0 Å². The summed E-state index contributed by atoms with van der Waals surface area (Å²) in [5.74, 6) is 3.25. The second-order valence-corrected chi connectivity index (χ2v) is 7.63. The van der Waals surface area contributed by atoms with Crippen molar-refractivity contribution in [1.82, 2.24) is 14.9 Å². The SMILES string of the molecule is COc1ccc(CN2CCc3c(nc(CC4CC4)[nH]c3=O)C2)c(OC)c1C. The average Bonchev–Trinajstić information content (AvgIpc) is 3.46. The number of fused-ring (bicyclic) bond motifs is 1. The summed E-state index contributed by atoms with van der Waals surface area (Å²) in [7, 11) is 3.37. The molecule has 2 heterocycles. The van der Waals surface area contributed by atoms with Gasteiger partial charge in [-0.3, -0.25) is 9.69 Å². The molecule has 27 heavy (non-hydrogen) atoms. The summed E-state index contributed by atoms with van der Waals surface area (Å²) in [6, 6.07) is 4.05. The zero-order valence-corrected chi connectivity index (χ0v) is 16.3. The average molecular weight is 369 g/mol. The van der Waals surface area contributed by atoms with Crippen LogP contribution in [0.15, 0.2) is 16.9 Å². The lowest BCUT2D eigenvalue weighted by Gasteiger charge is -2.28. The molecule has 0 atom stereocenters. The van der Waals surface area contributed by atoms with Gasteiger partial charge in [0.1, 0.15) is 17.3 Å². The van der Waals surface area contributed by atoms with E-state index in [1.807, 2.05) is 13.0 Å². The lowest BCUT2D eigenvalue weighted by atomic mass is 10.0. The normalized spacial score (nSPS) is 16.9. The van der Waals surface area contributed by atoms with E-state index in [1.54, 1.807) is 14.2 Å². The van der Waals surface area contributed by atoms with Crippen molar-refractivity contribution in [3.05, 3.63) is 50.7 Å². The smallest absolute Gasteiger partial charge is 0.254 e. The largest absolute Gasteiger partial charge is 0.496 e. The molecule has 1 N–H and O–H groups in total. The first-order chi connectivity index (χ1) is 13.1. The Morgan fingerprint density at radius 2 is 2.07 bits per heavy atom. The Labute approximate surface area is 159 Å². The summed E-state index contributed by atoms with van der Waals surface area (Å²) in [6.45, 7) is 4.32. The van der Waals surface area contributed by atoms with Crippen LogP contribution >= 0.6 is 0 Å². The van der Waals surface area contributed by atoms with Gasteiger partial charge in [-0.25, -0.2) is 4.98 Å². The molecule has 2 aliphatic rings. The summed E-state index contributed by atoms with van der Waals surface area (Å²) >= 11 is 0. The molecule has 6 heteroatoms. The molecule has 2 aromatic rings. The van der Waals surface area contributed by atoms with E-state index in [4.69, 9.17) is 14.5 Å². The number of nitrogens with one attached hydrogen (secondary N) is 1. The van der Waals surface area contributed by atoms with Crippen LogP contribution in [0.5, 0.6) is 11.5 Å². The minimum Gasteiger partial charge on any atom is -0.496 e. The quantitative estimate of drug-likeness (QED) is 0.848. The molecule has 0 radical (unpaired) electrons. The zero-order valence-electron chi connectivity index (χ0n) is 16.3. The molecule has 4 rings (SSSR count). The van der Waals surface area contributed by atoms with Crippen molar-refractivity contribution in [2.75, 3.05) is 20.8 Å². The van der Waals surface area contributed by atoms with Crippen molar-refractivity contribution in [2.24, 2.45) is 5.92 Å². The first-order valence-electron chi connectivity index (χ1n) is 9.62. The van der Waals surface area contributed by atoms with Gasteiger partial charge in [-0.1, -0.05) is 6.07 Å². The Balaban J connectivity index is 1.55. The minimum absolute atomic E-state index is 0.0492. The van der Waals surface area contributed by atoms with Gasteiger partial charge in [0, 0.05) is 42.7 Å². The van der Waals surface area contributed by atoms with Crippen LogP contribution in [0.2, 0.25) is 0 Å². The maximum Gasteiger partial charge on any atom is 0.254 e. The second-order valence-electron chi connectivity index (χ2n) is 7.63. The highest BCUT2D eigenvalue weighted by molar-refractivity contribution is 5.49. The summed E-state index contributed by atoms with van der Waals surface area (Å²) < 4.78 is 11.0. The van der Waals surface area contributed by atoms with Crippen molar-refractivity contribution >= 4 is 0 Å². The van der Waals surface area contributed by atoms with E-state index in [-0.39, 0.29) is 5.56 Å². The van der Waals surface area contributed by atoms with Gasteiger partial charge >= 0.3 is 0 Å². The molecule has 1 aromatic carbocycles.